The summed E-state index contributed by atoms with van der Waals surface area (Å²) in [6, 6.07) is 9.55. The number of hydrogen-bond acceptors (Lipinski definition) is 5. The maximum absolute atomic E-state index is 9.04. The van der Waals surface area contributed by atoms with Gasteiger partial charge in [0.2, 0.25) is 0 Å². The maximum Gasteiger partial charge on any atom is 0.164 e. The van der Waals surface area contributed by atoms with Crippen LogP contribution >= 0.6 is 0 Å². The molecule has 0 unspecified atom stereocenters. The fourth-order valence-corrected chi connectivity index (χ4v) is 2.71. The van der Waals surface area contributed by atoms with Crippen LogP contribution in [-0.2, 0) is 16.0 Å². The first-order chi connectivity index (χ1) is 11.3. The van der Waals surface area contributed by atoms with E-state index in [1.165, 1.54) is 0 Å². The second-order valence-corrected chi connectivity index (χ2v) is 5.58. The van der Waals surface area contributed by atoms with E-state index in [1.807, 2.05) is 29.7 Å². The molecule has 1 saturated heterocycles. The lowest BCUT2D eigenvalue weighted by Gasteiger charge is -2.23. The average Bonchev–Trinajstić information content (AvgIpc) is 2.97. The molecule has 3 rings (SSSR count). The van der Waals surface area contributed by atoms with Gasteiger partial charge in [-0.15, -0.1) is 10.2 Å². The van der Waals surface area contributed by atoms with E-state index >= 15 is 0 Å². The van der Waals surface area contributed by atoms with Crippen LogP contribution in [0.1, 0.15) is 30.7 Å². The van der Waals surface area contributed by atoms with Crippen molar-refractivity contribution in [3.8, 4) is 17.5 Å². The lowest BCUT2D eigenvalue weighted by Crippen LogP contribution is -2.24. The molecule has 1 aliphatic heterocycles. The molecule has 0 spiro atoms. The minimum Gasteiger partial charge on any atom is -0.353 e. The summed E-state index contributed by atoms with van der Waals surface area (Å²) >= 11 is 0. The van der Waals surface area contributed by atoms with Crippen LogP contribution < -0.4 is 0 Å². The van der Waals surface area contributed by atoms with E-state index in [0.717, 1.165) is 43.1 Å². The number of aryl methyl sites for hydroxylation is 1. The zero-order valence-corrected chi connectivity index (χ0v) is 13.2. The Hall–Kier alpha value is -2.23. The molecule has 1 aromatic heterocycles. The first-order valence-corrected chi connectivity index (χ1v) is 7.91. The molecule has 6 nitrogen and oxygen atoms in total. The van der Waals surface area contributed by atoms with Gasteiger partial charge in [-0.25, -0.2) is 0 Å². The summed E-state index contributed by atoms with van der Waals surface area (Å²) in [5.74, 6) is 1.59. The molecule has 0 saturated carbocycles. The summed E-state index contributed by atoms with van der Waals surface area (Å²) in [7, 11) is 0. The van der Waals surface area contributed by atoms with E-state index in [1.54, 1.807) is 6.07 Å². The van der Waals surface area contributed by atoms with Crippen LogP contribution in [0.3, 0.4) is 0 Å². The van der Waals surface area contributed by atoms with Crippen molar-refractivity contribution in [1.29, 1.82) is 5.26 Å². The largest absolute Gasteiger partial charge is 0.353 e. The number of ether oxygens (including phenoxy) is 2. The molecule has 0 bridgehead atoms. The molecule has 0 aliphatic carbocycles. The van der Waals surface area contributed by atoms with E-state index < -0.39 is 0 Å². The van der Waals surface area contributed by atoms with Crippen molar-refractivity contribution in [2.45, 2.75) is 39.0 Å². The van der Waals surface area contributed by atoms with Gasteiger partial charge in [0.25, 0.3) is 0 Å². The van der Waals surface area contributed by atoms with E-state index in [4.69, 9.17) is 14.7 Å². The lowest BCUT2D eigenvalue weighted by molar-refractivity contribution is -0.163. The Kier molecular flexibility index (Phi) is 5.01. The molecule has 1 aliphatic rings. The Morgan fingerprint density at radius 3 is 3.09 bits per heavy atom. The highest BCUT2D eigenvalue weighted by molar-refractivity contribution is 5.58. The summed E-state index contributed by atoms with van der Waals surface area (Å²) in [4.78, 5) is 0. The molecule has 6 heteroatoms. The van der Waals surface area contributed by atoms with Crippen LogP contribution in [0, 0.1) is 18.3 Å². The molecule has 23 heavy (non-hydrogen) atoms. The van der Waals surface area contributed by atoms with Crippen LogP contribution in [0.25, 0.3) is 11.4 Å². The number of nitriles is 1. The Bertz CT molecular complexity index is 699. The van der Waals surface area contributed by atoms with Crippen molar-refractivity contribution >= 4 is 0 Å². The molecule has 1 aromatic carbocycles. The quantitative estimate of drug-likeness (QED) is 0.848. The molecule has 120 valence electrons. The van der Waals surface area contributed by atoms with Gasteiger partial charge in [-0.3, -0.25) is 0 Å². The van der Waals surface area contributed by atoms with E-state index in [2.05, 4.69) is 16.3 Å². The first-order valence-electron chi connectivity index (χ1n) is 7.91. The molecule has 1 atom stereocenters. The van der Waals surface area contributed by atoms with E-state index in [0.29, 0.717) is 18.7 Å². The van der Waals surface area contributed by atoms with Crippen molar-refractivity contribution < 1.29 is 9.47 Å². The van der Waals surface area contributed by atoms with Crippen LogP contribution in [0.2, 0.25) is 0 Å². The minimum absolute atomic E-state index is 0.0918. The van der Waals surface area contributed by atoms with Gasteiger partial charge in [0.1, 0.15) is 5.82 Å². The standard InChI is InChI=1S/C17H20N4O2/c1-13-19-20-17(15-6-4-5-14(11-15)12-18)21(13)8-10-23-16-7-2-3-9-22-16/h4-6,11,16H,2-3,7-10H2,1H3/t16-/m0/s1. The van der Waals surface area contributed by atoms with E-state index in [-0.39, 0.29) is 6.29 Å². The monoisotopic (exact) mass is 312 g/mol. The third kappa shape index (κ3) is 3.76. The highest BCUT2D eigenvalue weighted by Gasteiger charge is 2.15. The Morgan fingerprint density at radius 2 is 2.30 bits per heavy atom. The molecular weight excluding hydrogens is 292 g/mol. The lowest BCUT2D eigenvalue weighted by atomic mass is 10.1. The molecular formula is C17H20N4O2. The summed E-state index contributed by atoms with van der Waals surface area (Å²) in [5, 5.41) is 17.4. The predicted octanol–water partition coefficient (Wildman–Crippen LogP) is 2.67. The Labute approximate surface area is 135 Å². The summed E-state index contributed by atoms with van der Waals surface area (Å²) in [5.41, 5.74) is 1.50. The van der Waals surface area contributed by atoms with Gasteiger partial charge in [-0.05, 0) is 38.3 Å². The highest BCUT2D eigenvalue weighted by Crippen LogP contribution is 2.20. The number of rotatable bonds is 5. The van der Waals surface area contributed by atoms with Crippen molar-refractivity contribution in [2.24, 2.45) is 0 Å². The molecule has 2 heterocycles. The van der Waals surface area contributed by atoms with Gasteiger partial charge >= 0.3 is 0 Å². The molecule has 0 amide bonds. The van der Waals surface area contributed by atoms with Crippen LogP contribution in [-0.4, -0.2) is 34.3 Å². The smallest absolute Gasteiger partial charge is 0.164 e. The number of aromatic nitrogens is 3. The maximum atomic E-state index is 9.04. The van der Waals surface area contributed by atoms with E-state index in [9.17, 15) is 0 Å². The second-order valence-electron chi connectivity index (χ2n) is 5.58. The zero-order valence-electron chi connectivity index (χ0n) is 13.2. The predicted molar refractivity (Wildman–Crippen MR) is 84.5 cm³/mol. The molecule has 0 N–H and O–H groups in total. The zero-order chi connectivity index (χ0) is 16.1. The van der Waals surface area contributed by atoms with Gasteiger partial charge in [0.05, 0.1) is 18.2 Å². The highest BCUT2D eigenvalue weighted by atomic mass is 16.7. The normalized spacial score (nSPS) is 17.8. The van der Waals surface area contributed by atoms with Crippen molar-refractivity contribution in [1.82, 2.24) is 14.8 Å². The molecule has 2 aromatic rings. The minimum atomic E-state index is -0.0918. The van der Waals surface area contributed by atoms with Gasteiger partial charge in [0.15, 0.2) is 12.1 Å². The van der Waals surface area contributed by atoms with Crippen molar-refractivity contribution in [2.75, 3.05) is 13.2 Å². The number of hydrogen-bond donors (Lipinski definition) is 0. The SMILES string of the molecule is Cc1nnc(-c2cccc(C#N)c2)n1CCO[C@H]1CCCCO1. The van der Waals surface area contributed by atoms with Crippen LogP contribution in [0.15, 0.2) is 24.3 Å². The van der Waals surface area contributed by atoms with Gasteiger partial charge in [-0.2, -0.15) is 5.26 Å². The first kappa shape index (κ1) is 15.7. The topological polar surface area (TPSA) is 73.0 Å². The summed E-state index contributed by atoms with van der Waals surface area (Å²) in [6.07, 6.45) is 3.13. The van der Waals surface area contributed by atoms with Gasteiger partial charge < -0.3 is 14.0 Å². The van der Waals surface area contributed by atoms with Crippen LogP contribution in [0.4, 0.5) is 0 Å². The molecule has 0 radical (unpaired) electrons. The third-order valence-corrected chi connectivity index (χ3v) is 3.94. The number of benzene rings is 1. The summed E-state index contributed by atoms with van der Waals surface area (Å²) < 4.78 is 13.4. The van der Waals surface area contributed by atoms with Gasteiger partial charge in [-0.1, -0.05) is 12.1 Å². The molecule has 1 fully saturated rings. The average molecular weight is 312 g/mol. The number of nitrogens with zero attached hydrogens (tertiary/aromatic N) is 4. The van der Waals surface area contributed by atoms with Gasteiger partial charge in [0, 0.05) is 18.7 Å². The fraction of sp³-hybridized carbons (Fsp3) is 0.471. The third-order valence-electron chi connectivity index (χ3n) is 3.94. The van der Waals surface area contributed by atoms with Crippen molar-refractivity contribution in [3.63, 3.8) is 0 Å². The fourth-order valence-electron chi connectivity index (χ4n) is 2.71. The Balaban J connectivity index is 1.69. The van der Waals surface area contributed by atoms with Crippen molar-refractivity contribution in [3.05, 3.63) is 35.7 Å². The second kappa shape index (κ2) is 7.36. The van der Waals surface area contributed by atoms with Crippen LogP contribution in [0.5, 0.6) is 0 Å². The Morgan fingerprint density at radius 1 is 1.39 bits per heavy atom. The summed E-state index contributed by atoms with van der Waals surface area (Å²) in [6.45, 7) is 3.91.